The van der Waals surface area contributed by atoms with Crippen LogP contribution in [0.25, 0.3) is 0 Å². The minimum absolute atomic E-state index is 0.166. The van der Waals surface area contributed by atoms with Crippen LogP contribution in [0.5, 0.6) is 5.75 Å². The van der Waals surface area contributed by atoms with Crippen molar-refractivity contribution in [2.75, 3.05) is 4.90 Å². The molecule has 3 rings (SSSR count). The third-order valence-electron chi connectivity index (χ3n) is 3.36. The van der Waals surface area contributed by atoms with E-state index in [4.69, 9.17) is 4.74 Å². The molecular weight excluding hydrogens is 338 g/mol. The third-order valence-corrected chi connectivity index (χ3v) is 4.21. The molecule has 0 radical (unpaired) electrons. The fourth-order valence-corrected chi connectivity index (χ4v) is 2.83. The summed E-state index contributed by atoms with van der Waals surface area (Å²) in [7, 11) is 0. The minimum atomic E-state index is -1.17. The first-order valence-electron chi connectivity index (χ1n) is 7.32. The maximum Gasteiger partial charge on any atom is 0.417 e. The van der Waals surface area contributed by atoms with Gasteiger partial charge in [0, 0.05) is 10.9 Å². The van der Waals surface area contributed by atoms with Crippen molar-refractivity contribution in [3.05, 3.63) is 70.5 Å². The lowest BCUT2D eigenvalue weighted by Gasteiger charge is -2.19. The number of para-hydroxylation sites is 1. The van der Waals surface area contributed by atoms with Crippen molar-refractivity contribution in [3.8, 4) is 11.8 Å². The Bertz CT molecular complexity index is 905. The highest BCUT2D eigenvalue weighted by Gasteiger charge is 2.20. The highest BCUT2D eigenvalue weighted by atomic mass is 32.1. The lowest BCUT2D eigenvalue weighted by Crippen LogP contribution is -2.24. The number of benzene rings is 1. The molecule has 25 heavy (non-hydrogen) atoms. The topological polar surface area (TPSA) is 86.5 Å². The molecule has 124 valence electrons. The van der Waals surface area contributed by atoms with E-state index in [1.54, 1.807) is 30.3 Å². The summed E-state index contributed by atoms with van der Waals surface area (Å²) in [6.07, 6.45) is 0.144. The molecule has 0 saturated carbocycles. The number of anilines is 2. The van der Waals surface area contributed by atoms with Gasteiger partial charge in [0.25, 0.3) is 0 Å². The van der Waals surface area contributed by atoms with Gasteiger partial charge in [0.15, 0.2) is 0 Å². The zero-order valence-corrected chi connectivity index (χ0v) is 13.8. The second-order valence-electron chi connectivity index (χ2n) is 4.97. The number of amides is 1. The SMILES string of the molecule is N#Cc1cnc(N(C(=O)O)c2ccccc2)cc1OCc1cccs1. The summed E-state index contributed by atoms with van der Waals surface area (Å²) in [5, 5.41) is 20.7. The fourth-order valence-electron chi connectivity index (χ4n) is 2.21. The molecule has 0 spiro atoms. The molecule has 0 atom stereocenters. The minimum Gasteiger partial charge on any atom is -0.486 e. The Kier molecular flexibility index (Phi) is 4.92. The summed E-state index contributed by atoms with van der Waals surface area (Å²) in [4.78, 5) is 17.8. The highest BCUT2D eigenvalue weighted by molar-refractivity contribution is 7.09. The van der Waals surface area contributed by atoms with Gasteiger partial charge in [-0.3, -0.25) is 0 Å². The van der Waals surface area contributed by atoms with Gasteiger partial charge in [0.1, 0.15) is 29.8 Å². The van der Waals surface area contributed by atoms with Crippen LogP contribution < -0.4 is 9.64 Å². The maximum absolute atomic E-state index is 11.7. The smallest absolute Gasteiger partial charge is 0.417 e. The van der Waals surface area contributed by atoms with Gasteiger partial charge in [-0.1, -0.05) is 24.3 Å². The van der Waals surface area contributed by atoms with Crippen LogP contribution in [0.4, 0.5) is 16.3 Å². The van der Waals surface area contributed by atoms with Crippen LogP contribution in [0, 0.1) is 11.3 Å². The number of hydrogen-bond acceptors (Lipinski definition) is 5. The van der Waals surface area contributed by atoms with E-state index in [9.17, 15) is 15.2 Å². The predicted molar refractivity (Wildman–Crippen MR) is 94.2 cm³/mol. The number of nitrogens with zero attached hydrogens (tertiary/aromatic N) is 3. The zero-order valence-electron chi connectivity index (χ0n) is 13.0. The molecule has 0 bridgehead atoms. The molecule has 3 aromatic rings. The first-order chi connectivity index (χ1) is 12.2. The average Bonchev–Trinajstić information content (AvgIpc) is 3.14. The van der Waals surface area contributed by atoms with Crippen molar-refractivity contribution in [2.24, 2.45) is 0 Å². The second-order valence-corrected chi connectivity index (χ2v) is 6.00. The molecule has 0 aliphatic carbocycles. The van der Waals surface area contributed by atoms with Gasteiger partial charge >= 0.3 is 6.09 Å². The van der Waals surface area contributed by atoms with E-state index in [0.717, 1.165) is 9.78 Å². The summed E-state index contributed by atoms with van der Waals surface area (Å²) in [6, 6.07) is 15.9. The number of hydrogen-bond donors (Lipinski definition) is 1. The number of thiophene rings is 1. The molecule has 0 saturated heterocycles. The molecular formula is C18H13N3O3S. The van der Waals surface area contributed by atoms with Gasteiger partial charge < -0.3 is 9.84 Å². The van der Waals surface area contributed by atoms with Crippen molar-refractivity contribution in [3.63, 3.8) is 0 Å². The Labute approximate surface area is 148 Å². The number of carboxylic acid groups (broad SMARTS) is 1. The number of rotatable bonds is 5. The first kappa shape index (κ1) is 16.5. The summed E-state index contributed by atoms with van der Waals surface area (Å²) in [5.41, 5.74) is 0.704. The quantitative estimate of drug-likeness (QED) is 0.736. The molecule has 1 aromatic carbocycles. The van der Waals surface area contributed by atoms with E-state index >= 15 is 0 Å². The van der Waals surface area contributed by atoms with Gasteiger partial charge in [0.2, 0.25) is 0 Å². The third kappa shape index (κ3) is 3.76. The van der Waals surface area contributed by atoms with Gasteiger partial charge in [-0.15, -0.1) is 11.3 Å². The van der Waals surface area contributed by atoms with E-state index in [1.165, 1.54) is 23.6 Å². The zero-order chi connectivity index (χ0) is 17.6. The molecule has 2 aromatic heterocycles. The molecule has 0 aliphatic rings. The van der Waals surface area contributed by atoms with Crippen LogP contribution in [0.3, 0.4) is 0 Å². The normalized spacial score (nSPS) is 10.0. The summed E-state index contributed by atoms with van der Waals surface area (Å²) < 4.78 is 5.71. The van der Waals surface area contributed by atoms with Crippen LogP contribution in [0.15, 0.2) is 60.1 Å². The van der Waals surface area contributed by atoms with Crippen molar-refractivity contribution >= 4 is 28.9 Å². The van der Waals surface area contributed by atoms with E-state index < -0.39 is 6.09 Å². The molecule has 0 fully saturated rings. The van der Waals surface area contributed by atoms with Crippen LogP contribution in [-0.4, -0.2) is 16.2 Å². The van der Waals surface area contributed by atoms with E-state index in [2.05, 4.69) is 4.98 Å². The van der Waals surface area contributed by atoms with Crippen molar-refractivity contribution in [1.82, 2.24) is 4.98 Å². The molecule has 6 nitrogen and oxygen atoms in total. The predicted octanol–water partition coefficient (Wildman–Crippen LogP) is 4.41. The fraction of sp³-hybridized carbons (Fsp3) is 0.0556. The van der Waals surface area contributed by atoms with Gasteiger partial charge in [-0.2, -0.15) is 5.26 Å². The van der Waals surface area contributed by atoms with E-state index in [-0.39, 0.29) is 11.4 Å². The lowest BCUT2D eigenvalue weighted by molar-refractivity contribution is 0.204. The van der Waals surface area contributed by atoms with Crippen LogP contribution >= 0.6 is 11.3 Å². The van der Waals surface area contributed by atoms with Crippen LogP contribution in [0.2, 0.25) is 0 Å². The Hall–Kier alpha value is -3.37. The summed E-state index contributed by atoms with van der Waals surface area (Å²) >= 11 is 1.54. The molecule has 0 unspecified atom stereocenters. The highest BCUT2D eigenvalue weighted by Crippen LogP contribution is 2.29. The van der Waals surface area contributed by atoms with Crippen LogP contribution in [-0.2, 0) is 6.61 Å². The Morgan fingerprint density at radius 3 is 2.72 bits per heavy atom. The van der Waals surface area contributed by atoms with Gasteiger partial charge in [-0.25, -0.2) is 14.7 Å². The van der Waals surface area contributed by atoms with Crippen molar-refractivity contribution < 1.29 is 14.6 Å². The number of carbonyl (C=O) groups is 1. The van der Waals surface area contributed by atoms with E-state index in [0.29, 0.717) is 18.0 Å². The first-order valence-corrected chi connectivity index (χ1v) is 8.20. The number of pyridine rings is 1. The largest absolute Gasteiger partial charge is 0.486 e. The Morgan fingerprint density at radius 1 is 1.28 bits per heavy atom. The van der Waals surface area contributed by atoms with Crippen LogP contribution in [0.1, 0.15) is 10.4 Å². The molecule has 1 N–H and O–H groups in total. The summed E-state index contributed by atoms with van der Waals surface area (Å²) in [5.74, 6) is 0.460. The molecule has 1 amide bonds. The Balaban J connectivity index is 1.94. The standard InChI is InChI=1S/C18H13N3O3S/c19-10-13-11-20-17(9-16(13)24-12-15-7-4-8-25-15)21(18(22)23)14-5-2-1-3-6-14/h1-9,11H,12H2,(H,22,23). The lowest BCUT2D eigenvalue weighted by atomic mass is 10.2. The Morgan fingerprint density at radius 2 is 2.08 bits per heavy atom. The monoisotopic (exact) mass is 351 g/mol. The van der Waals surface area contributed by atoms with Gasteiger partial charge in [0.05, 0.1) is 11.9 Å². The number of ether oxygens (including phenoxy) is 1. The van der Waals surface area contributed by atoms with Crippen molar-refractivity contribution in [1.29, 1.82) is 5.26 Å². The summed E-state index contributed by atoms with van der Waals surface area (Å²) in [6.45, 7) is 0.300. The number of aromatic nitrogens is 1. The van der Waals surface area contributed by atoms with Gasteiger partial charge in [-0.05, 0) is 23.6 Å². The molecule has 2 heterocycles. The average molecular weight is 351 g/mol. The molecule has 0 aliphatic heterocycles. The van der Waals surface area contributed by atoms with Crippen molar-refractivity contribution in [2.45, 2.75) is 6.61 Å². The van der Waals surface area contributed by atoms with E-state index in [1.807, 2.05) is 23.6 Å². The second kappa shape index (κ2) is 7.47. The number of nitriles is 1. The maximum atomic E-state index is 11.7. The molecule has 7 heteroatoms.